The molecule has 0 aliphatic heterocycles. The molecular weight excluding hydrogens is 360 g/mol. The van der Waals surface area contributed by atoms with Crippen LogP contribution in [0.15, 0.2) is 30.3 Å². The number of ether oxygens (including phenoxy) is 1. The lowest BCUT2D eigenvalue weighted by Crippen LogP contribution is -2.56. The van der Waals surface area contributed by atoms with Crippen molar-refractivity contribution in [2.75, 3.05) is 13.1 Å². The van der Waals surface area contributed by atoms with Gasteiger partial charge in [0, 0.05) is 6.54 Å². The Morgan fingerprint density at radius 3 is 2.26 bits per heavy atom. The monoisotopic (exact) mass is 394 g/mol. The summed E-state index contributed by atoms with van der Waals surface area (Å²) in [5.74, 6) is -0.804. The molecule has 6 nitrogen and oxygen atoms in total. The summed E-state index contributed by atoms with van der Waals surface area (Å²) in [6.07, 6.45) is 0.697. The summed E-state index contributed by atoms with van der Waals surface area (Å²) in [4.78, 5) is 23.7. The summed E-state index contributed by atoms with van der Waals surface area (Å²) in [6.45, 7) is 13.0. The first-order valence-electron chi connectivity index (χ1n) is 9.40. The number of nitrogens with one attached hydrogen (secondary N) is 1. The number of carboxylic acid groups (broad SMARTS) is 1. The number of hydrogen-bond donors (Lipinski definition) is 2. The van der Waals surface area contributed by atoms with Crippen molar-refractivity contribution in [1.29, 1.82) is 0 Å². The van der Waals surface area contributed by atoms with E-state index >= 15 is 0 Å². The van der Waals surface area contributed by atoms with Crippen LogP contribution >= 0.6 is 0 Å². The third-order valence-electron chi connectivity index (χ3n) is 4.04. The van der Waals surface area contributed by atoms with E-state index in [0.717, 1.165) is 5.56 Å². The number of carboxylic acids is 1. The first kappa shape index (κ1) is 23.2. The molecule has 1 atom stereocenters. The van der Waals surface area contributed by atoms with Crippen molar-refractivity contribution in [1.82, 2.24) is 9.88 Å². The molecule has 7 heteroatoms. The molecule has 2 N–H and O–H groups in total. The van der Waals surface area contributed by atoms with Gasteiger partial charge < -0.3 is 19.7 Å². The number of amides is 1. The molecule has 0 heterocycles. The Balaban J connectivity index is 2.70. The van der Waals surface area contributed by atoms with Gasteiger partial charge in [0.2, 0.25) is 0 Å². The van der Waals surface area contributed by atoms with Crippen LogP contribution in [0.2, 0.25) is 19.6 Å². The molecule has 1 rings (SSSR count). The van der Waals surface area contributed by atoms with Crippen molar-refractivity contribution in [3.63, 3.8) is 0 Å². The molecule has 0 unspecified atom stereocenters. The van der Waals surface area contributed by atoms with Gasteiger partial charge in [-0.05, 0) is 45.7 Å². The van der Waals surface area contributed by atoms with Crippen LogP contribution in [0, 0.1) is 0 Å². The van der Waals surface area contributed by atoms with E-state index in [-0.39, 0.29) is 0 Å². The van der Waals surface area contributed by atoms with Crippen LogP contribution in [0.1, 0.15) is 32.8 Å². The van der Waals surface area contributed by atoms with Gasteiger partial charge >= 0.3 is 12.1 Å². The van der Waals surface area contributed by atoms with Gasteiger partial charge in [0.05, 0.1) is 0 Å². The normalized spacial score (nSPS) is 13.3. The quantitative estimate of drug-likeness (QED) is 0.493. The predicted octanol–water partition coefficient (Wildman–Crippen LogP) is 3.73. The van der Waals surface area contributed by atoms with E-state index in [0.29, 0.717) is 25.9 Å². The zero-order chi connectivity index (χ0) is 20.7. The van der Waals surface area contributed by atoms with Gasteiger partial charge in [0.1, 0.15) is 19.9 Å². The van der Waals surface area contributed by atoms with Crippen LogP contribution in [-0.2, 0) is 16.0 Å². The molecule has 1 aromatic carbocycles. The van der Waals surface area contributed by atoms with Crippen LogP contribution in [0.4, 0.5) is 4.79 Å². The number of alkyl carbamates (subject to hydrolysis) is 1. The second-order valence-electron chi connectivity index (χ2n) is 8.69. The molecule has 0 aliphatic rings. The number of carbonyl (C=O) groups excluding carboxylic acids is 1. The Morgan fingerprint density at radius 1 is 1.19 bits per heavy atom. The van der Waals surface area contributed by atoms with E-state index in [9.17, 15) is 14.7 Å². The van der Waals surface area contributed by atoms with Gasteiger partial charge in [-0.3, -0.25) is 4.79 Å². The Hall–Kier alpha value is -1.86. The summed E-state index contributed by atoms with van der Waals surface area (Å²) in [5.41, 5.74) is 0.485. The minimum absolute atomic E-state index is 0.443. The van der Waals surface area contributed by atoms with E-state index in [1.807, 2.05) is 51.1 Å². The fourth-order valence-electron chi connectivity index (χ4n) is 2.88. The molecule has 27 heavy (non-hydrogen) atoms. The van der Waals surface area contributed by atoms with E-state index in [1.54, 1.807) is 0 Å². The third-order valence-corrected chi connectivity index (χ3v) is 6.30. The summed E-state index contributed by atoms with van der Waals surface area (Å²) in [5, 5.41) is 12.6. The Kier molecular flexibility index (Phi) is 8.49. The number of aliphatic carboxylic acids is 1. The fraction of sp³-hybridized carbons (Fsp3) is 0.600. The van der Waals surface area contributed by atoms with Crippen molar-refractivity contribution in [2.45, 2.75) is 64.9 Å². The van der Waals surface area contributed by atoms with Crippen LogP contribution in [0.25, 0.3) is 0 Å². The van der Waals surface area contributed by atoms with E-state index in [4.69, 9.17) is 4.74 Å². The highest BCUT2D eigenvalue weighted by atomic mass is 28.3. The number of rotatable bonds is 9. The van der Waals surface area contributed by atoms with Crippen molar-refractivity contribution in [3.8, 4) is 0 Å². The minimum Gasteiger partial charge on any atom is -0.480 e. The van der Waals surface area contributed by atoms with Crippen molar-refractivity contribution < 1.29 is 19.4 Å². The molecule has 1 aromatic rings. The average molecular weight is 395 g/mol. The maximum atomic E-state index is 12.0. The summed E-state index contributed by atoms with van der Waals surface area (Å²) < 4.78 is 7.35. The predicted molar refractivity (Wildman–Crippen MR) is 110 cm³/mol. The molecule has 0 aliphatic carbocycles. The second-order valence-corrected chi connectivity index (χ2v) is 13.6. The number of benzene rings is 1. The van der Waals surface area contributed by atoms with Crippen LogP contribution in [0.5, 0.6) is 0 Å². The highest BCUT2D eigenvalue weighted by Gasteiger charge is 2.34. The smallest absolute Gasteiger partial charge is 0.407 e. The van der Waals surface area contributed by atoms with Crippen molar-refractivity contribution >= 4 is 20.3 Å². The van der Waals surface area contributed by atoms with Gasteiger partial charge in [-0.25, -0.2) is 4.79 Å². The molecular formula is C20H34N2O4Si. The van der Waals surface area contributed by atoms with E-state index in [1.165, 1.54) is 0 Å². The highest BCUT2D eigenvalue weighted by molar-refractivity contribution is 6.73. The molecule has 0 saturated heterocycles. The van der Waals surface area contributed by atoms with Crippen LogP contribution in [-0.4, -0.2) is 54.7 Å². The number of carbonyl (C=O) groups is 2. The van der Waals surface area contributed by atoms with Crippen molar-refractivity contribution in [3.05, 3.63) is 35.9 Å². The second kappa shape index (κ2) is 9.89. The molecule has 0 spiro atoms. The lowest BCUT2D eigenvalue weighted by molar-refractivity contribution is -0.141. The molecule has 0 aromatic heterocycles. The van der Waals surface area contributed by atoms with Gasteiger partial charge in [0.15, 0.2) is 0 Å². The Morgan fingerprint density at radius 2 is 1.78 bits per heavy atom. The first-order valence-corrected chi connectivity index (χ1v) is 12.9. The Labute approximate surface area is 164 Å². The summed E-state index contributed by atoms with van der Waals surface area (Å²) >= 11 is 0. The van der Waals surface area contributed by atoms with Gasteiger partial charge in [-0.1, -0.05) is 50.0 Å². The molecule has 0 radical (unpaired) electrons. The van der Waals surface area contributed by atoms with Crippen molar-refractivity contribution in [2.24, 2.45) is 0 Å². The average Bonchev–Trinajstić information content (AvgIpc) is 2.51. The zero-order valence-corrected chi connectivity index (χ0v) is 18.4. The maximum Gasteiger partial charge on any atom is 0.407 e. The Bertz CT molecular complexity index is 609. The van der Waals surface area contributed by atoms with Crippen LogP contribution in [0.3, 0.4) is 0 Å². The first-order chi connectivity index (χ1) is 12.4. The van der Waals surface area contributed by atoms with E-state index < -0.39 is 31.9 Å². The SMILES string of the molecule is CC(C)(C)OC(=O)NCCCN([C@@H](Cc1ccccc1)C(=O)O)[Si](C)(C)C. The molecule has 152 valence electrons. The van der Waals surface area contributed by atoms with Gasteiger partial charge in [-0.15, -0.1) is 0 Å². The largest absolute Gasteiger partial charge is 0.480 e. The number of hydrogen-bond acceptors (Lipinski definition) is 4. The van der Waals surface area contributed by atoms with Gasteiger partial charge in [0.25, 0.3) is 0 Å². The molecule has 0 saturated carbocycles. The molecule has 0 bridgehead atoms. The fourth-order valence-corrected chi connectivity index (χ4v) is 4.85. The standard InChI is InChI=1S/C20H34N2O4Si/c1-20(2,3)26-19(25)21-13-10-14-22(27(4,5)6)17(18(23)24)15-16-11-8-7-9-12-16/h7-9,11-12,17H,10,13-15H2,1-6H3,(H,21,25)(H,23,24)/t17-/m0/s1. The molecule has 0 fully saturated rings. The topological polar surface area (TPSA) is 78.9 Å². The lowest BCUT2D eigenvalue weighted by atomic mass is 10.1. The summed E-state index contributed by atoms with van der Waals surface area (Å²) in [7, 11) is -1.87. The minimum atomic E-state index is -1.87. The number of nitrogens with zero attached hydrogens (tertiary/aromatic N) is 1. The van der Waals surface area contributed by atoms with Gasteiger partial charge in [-0.2, -0.15) is 0 Å². The molecule has 1 amide bonds. The van der Waals surface area contributed by atoms with E-state index in [2.05, 4.69) is 29.5 Å². The summed E-state index contributed by atoms with van der Waals surface area (Å²) in [6, 6.07) is 9.14. The zero-order valence-electron chi connectivity index (χ0n) is 17.4. The third kappa shape index (κ3) is 9.06. The lowest BCUT2D eigenvalue weighted by Gasteiger charge is -2.39. The van der Waals surface area contributed by atoms with Crippen LogP contribution < -0.4 is 5.32 Å². The maximum absolute atomic E-state index is 12.0. The highest BCUT2D eigenvalue weighted by Crippen LogP contribution is 2.18.